The Bertz CT molecular complexity index is 344. The maximum absolute atomic E-state index is 10.0. The summed E-state index contributed by atoms with van der Waals surface area (Å²) in [5.41, 5.74) is 0.860. The van der Waals surface area contributed by atoms with E-state index in [0.717, 1.165) is 37.3 Å². The molecule has 19 heavy (non-hydrogen) atoms. The van der Waals surface area contributed by atoms with Gasteiger partial charge in [-0.15, -0.1) is 0 Å². The number of unbranched alkanes of at least 4 members (excludes halogenated alkanes) is 1. The van der Waals surface area contributed by atoms with Crippen LogP contribution in [0.2, 0.25) is 0 Å². The SMILES string of the molecule is CCCCOCCNCC(O)c1cccc(OC)c1. The smallest absolute Gasteiger partial charge is 0.119 e. The first kappa shape index (κ1) is 16.0. The van der Waals surface area contributed by atoms with Crippen molar-refractivity contribution in [2.75, 3.05) is 33.4 Å². The van der Waals surface area contributed by atoms with Crippen molar-refractivity contribution in [3.05, 3.63) is 29.8 Å². The summed E-state index contributed by atoms with van der Waals surface area (Å²) in [4.78, 5) is 0. The maximum Gasteiger partial charge on any atom is 0.119 e. The lowest BCUT2D eigenvalue weighted by molar-refractivity contribution is 0.125. The highest BCUT2D eigenvalue weighted by Crippen LogP contribution is 2.18. The first-order valence-corrected chi connectivity index (χ1v) is 6.88. The van der Waals surface area contributed by atoms with Gasteiger partial charge in [0, 0.05) is 19.7 Å². The number of nitrogens with one attached hydrogen (secondary N) is 1. The van der Waals surface area contributed by atoms with E-state index in [0.29, 0.717) is 13.2 Å². The van der Waals surface area contributed by atoms with Crippen LogP contribution in [0.15, 0.2) is 24.3 Å². The minimum atomic E-state index is -0.522. The second-order valence-electron chi connectivity index (χ2n) is 4.46. The molecule has 0 bridgehead atoms. The second kappa shape index (κ2) is 9.78. The van der Waals surface area contributed by atoms with E-state index in [1.54, 1.807) is 7.11 Å². The number of benzene rings is 1. The molecule has 0 saturated carbocycles. The number of aliphatic hydroxyl groups excluding tert-OH is 1. The normalized spacial score (nSPS) is 12.4. The third-order valence-corrected chi connectivity index (χ3v) is 2.88. The molecule has 1 aromatic carbocycles. The molecule has 1 unspecified atom stereocenters. The summed E-state index contributed by atoms with van der Waals surface area (Å²) in [5.74, 6) is 0.763. The summed E-state index contributed by atoms with van der Waals surface area (Å²) < 4.78 is 10.6. The number of methoxy groups -OCH3 is 1. The first-order valence-electron chi connectivity index (χ1n) is 6.88. The molecule has 0 heterocycles. The van der Waals surface area contributed by atoms with Gasteiger partial charge in [0.2, 0.25) is 0 Å². The predicted molar refractivity (Wildman–Crippen MR) is 76.6 cm³/mol. The van der Waals surface area contributed by atoms with Crippen molar-refractivity contribution in [3.8, 4) is 5.75 Å². The van der Waals surface area contributed by atoms with Gasteiger partial charge in [0.1, 0.15) is 5.75 Å². The average molecular weight is 267 g/mol. The molecule has 0 amide bonds. The van der Waals surface area contributed by atoms with Crippen molar-refractivity contribution in [2.24, 2.45) is 0 Å². The molecule has 0 aliphatic carbocycles. The molecular formula is C15H25NO3. The highest BCUT2D eigenvalue weighted by atomic mass is 16.5. The van der Waals surface area contributed by atoms with Crippen LogP contribution in [-0.4, -0.2) is 38.5 Å². The first-order chi connectivity index (χ1) is 9.27. The molecule has 0 spiro atoms. The summed E-state index contributed by atoms with van der Waals surface area (Å²) in [6, 6.07) is 7.49. The van der Waals surface area contributed by atoms with Crippen LogP contribution in [0.25, 0.3) is 0 Å². The zero-order valence-corrected chi connectivity index (χ0v) is 11.9. The van der Waals surface area contributed by atoms with Crippen LogP contribution in [0.3, 0.4) is 0 Å². The van der Waals surface area contributed by atoms with Gasteiger partial charge in [0.05, 0.1) is 19.8 Å². The number of rotatable bonds is 10. The number of hydrogen-bond acceptors (Lipinski definition) is 4. The van der Waals surface area contributed by atoms with Gasteiger partial charge in [0.25, 0.3) is 0 Å². The summed E-state index contributed by atoms with van der Waals surface area (Å²) >= 11 is 0. The molecule has 0 aliphatic rings. The van der Waals surface area contributed by atoms with Crippen molar-refractivity contribution in [3.63, 3.8) is 0 Å². The quantitative estimate of drug-likeness (QED) is 0.638. The van der Waals surface area contributed by atoms with Crippen LogP contribution in [0.5, 0.6) is 5.75 Å². The van der Waals surface area contributed by atoms with Gasteiger partial charge >= 0.3 is 0 Å². The van der Waals surface area contributed by atoms with E-state index in [1.165, 1.54) is 0 Å². The molecule has 0 saturated heterocycles. The number of hydrogen-bond donors (Lipinski definition) is 2. The fraction of sp³-hybridized carbons (Fsp3) is 0.600. The molecule has 1 aromatic rings. The molecule has 108 valence electrons. The van der Waals surface area contributed by atoms with E-state index in [4.69, 9.17) is 9.47 Å². The van der Waals surface area contributed by atoms with Gasteiger partial charge in [-0.25, -0.2) is 0 Å². The summed E-state index contributed by atoms with van der Waals surface area (Å²) in [5, 5.41) is 13.2. The van der Waals surface area contributed by atoms with Gasteiger partial charge in [-0.1, -0.05) is 25.5 Å². The lowest BCUT2D eigenvalue weighted by atomic mass is 10.1. The van der Waals surface area contributed by atoms with Gasteiger partial charge in [-0.3, -0.25) is 0 Å². The monoisotopic (exact) mass is 267 g/mol. The standard InChI is InChI=1S/C15H25NO3/c1-3-4-9-19-10-8-16-12-15(17)13-6-5-7-14(11-13)18-2/h5-7,11,15-17H,3-4,8-10,12H2,1-2H3. The molecule has 1 atom stereocenters. The number of ether oxygens (including phenoxy) is 2. The Kier molecular flexibility index (Phi) is 8.21. The van der Waals surface area contributed by atoms with Crippen LogP contribution in [-0.2, 0) is 4.74 Å². The van der Waals surface area contributed by atoms with Crippen molar-refractivity contribution >= 4 is 0 Å². The molecule has 1 rings (SSSR count). The largest absolute Gasteiger partial charge is 0.497 e. The molecule has 2 N–H and O–H groups in total. The Labute approximate surface area is 115 Å². The van der Waals surface area contributed by atoms with E-state index >= 15 is 0 Å². The van der Waals surface area contributed by atoms with Gasteiger partial charge in [-0.05, 0) is 24.1 Å². The van der Waals surface area contributed by atoms with Crippen molar-refractivity contribution in [2.45, 2.75) is 25.9 Å². The Morgan fingerprint density at radius 3 is 2.89 bits per heavy atom. The molecule has 0 aliphatic heterocycles. The highest BCUT2D eigenvalue weighted by Gasteiger charge is 2.07. The zero-order valence-electron chi connectivity index (χ0n) is 11.9. The van der Waals surface area contributed by atoms with Crippen LogP contribution in [0, 0.1) is 0 Å². The summed E-state index contributed by atoms with van der Waals surface area (Å²) in [6.07, 6.45) is 1.74. The lowest BCUT2D eigenvalue weighted by Gasteiger charge is -2.13. The number of aliphatic hydroxyl groups is 1. The Balaban J connectivity index is 2.18. The third kappa shape index (κ3) is 6.57. The van der Waals surface area contributed by atoms with Crippen LogP contribution < -0.4 is 10.1 Å². The van der Waals surface area contributed by atoms with Gasteiger partial charge < -0.3 is 19.9 Å². The van der Waals surface area contributed by atoms with Crippen molar-refractivity contribution < 1.29 is 14.6 Å². The summed E-state index contributed by atoms with van der Waals surface area (Å²) in [6.45, 7) is 4.92. The fourth-order valence-electron chi connectivity index (χ4n) is 1.70. The zero-order chi connectivity index (χ0) is 13.9. The second-order valence-corrected chi connectivity index (χ2v) is 4.46. The van der Waals surface area contributed by atoms with E-state index in [-0.39, 0.29) is 0 Å². The average Bonchev–Trinajstić information content (AvgIpc) is 2.46. The molecule has 0 fully saturated rings. The molecular weight excluding hydrogens is 242 g/mol. The predicted octanol–water partition coefficient (Wildman–Crippen LogP) is 2.13. The van der Waals surface area contributed by atoms with Gasteiger partial charge in [0.15, 0.2) is 0 Å². The van der Waals surface area contributed by atoms with Crippen LogP contribution in [0.4, 0.5) is 0 Å². The molecule has 0 aromatic heterocycles. The van der Waals surface area contributed by atoms with E-state index < -0.39 is 6.10 Å². The van der Waals surface area contributed by atoms with Crippen LogP contribution in [0.1, 0.15) is 31.4 Å². The fourth-order valence-corrected chi connectivity index (χ4v) is 1.70. The summed E-state index contributed by atoms with van der Waals surface area (Å²) in [7, 11) is 1.62. The third-order valence-electron chi connectivity index (χ3n) is 2.88. The molecule has 4 heteroatoms. The Morgan fingerprint density at radius 1 is 1.32 bits per heavy atom. The highest BCUT2D eigenvalue weighted by molar-refractivity contribution is 5.29. The van der Waals surface area contributed by atoms with E-state index in [1.807, 2.05) is 24.3 Å². The maximum atomic E-state index is 10.0. The molecule has 4 nitrogen and oxygen atoms in total. The molecule has 0 radical (unpaired) electrons. The van der Waals surface area contributed by atoms with Crippen LogP contribution >= 0.6 is 0 Å². The lowest BCUT2D eigenvalue weighted by Crippen LogP contribution is -2.25. The Morgan fingerprint density at radius 2 is 2.16 bits per heavy atom. The van der Waals surface area contributed by atoms with Crippen molar-refractivity contribution in [1.82, 2.24) is 5.32 Å². The van der Waals surface area contributed by atoms with E-state index in [9.17, 15) is 5.11 Å². The minimum Gasteiger partial charge on any atom is -0.497 e. The van der Waals surface area contributed by atoms with E-state index in [2.05, 4.69) is 12.2 Å². The van der Waals surface area contributed by atoms with Gasteiger partial charge in [-0.2, -0.15) is 0 Å². The van der Waals surface area contributed by atoms with Crippen molar-refractivity contribution in [1.29, 1.82) is 0 Å². The minimum absolute atomic E-state index is 0.518. The topological polar surface area (TPSA) is 50.7 Å². The Hall–Kier alpha value is -1.10.